The third-order valence-electron chi connectivity index (χ3n) is 13.6. The molecule has 2 N–H and O–H groups in total. The number of allylic oxidation sites excluding steroid dienone is 13. The molecule has 0 heterocycles. The number of carbonyl (C=O) groups excluding carboxylic acids is 2. The van der Waals surface area contributed by atoms with Crippen molar-refractivity contribution in [1.82, 2.24) is 5.32 Å². The van der Waals surface area contributed by atoms with Gasteiger partial charge in [-0.25, -0.2) is 4.57 Å². The molecule has 1 amide bonds. The van der Waals surface area contributed by atoms with Gasteiger partial charge in [0.25, 0.3) is 0 Å². The van der Waals surface area contributed by atoms with Crippen LogP contribution >= 0.6 is 7.82 Å². The highest BCUT2D eigenvalue weighted by atomic mass is 31.2. The van der Waals surface area contributed by atoms with E-state index in [1.807, 2.05) is 33.3 Å². The first-order chi connectivity index (χ1) is 36.9. The zero-order valence-corrected chi connectivity index (χ0v) is 51.1. The quantitative estimate of drug-likeness (QED) is 0.0205. The van der Waals surface area contributed by atoms with E-state index in [2.05, 4.69) is 99.0 Å². The summed E-state index contributed by atoms with van der Waals surface area (Å²) in [4.78, 5) is 37.7. The number of quaternary nitrogens is 1. The van der Waals surface area contributed by atoms with Crippen molar-refractivity contribution in [3.05, 3.63) is 85.1 Å². The molecule has 10 heteroatoms. The summed E-state index contributed by atoms with van der Waals surface area (Å²) >= 11 is 0. The molecular formula is C66H120N2O7P+. The van der Waals surface area contributed by atoms with Crippen LogP contribution in [0, 0.1) is 0 Å². The van der Waals surface area contributed by atoms with Crippen LogP contribution in [0.3, 0.4) is 0 Å². The molecule has 0 rings (SSSR count). The van der Waals surface area contributed by atoms with E-state index in [1.54, 1.807) is 0 Å². The van der Waals surface area contributed by atoms with Crippen LogP contribution in [0.1, 0.15) is 271 Å². The van der Waals surface area contributed by atoms with Crippen LogP contribution in [0.5, 0.6) is 0 Å². The van der Waals surface area contributed by atoms with Gasteiger partial charge in [-0.2, -0.15) is 0 Å². The first-order valence-corrected chi connectivity index (χ1v) is 32.9. The summed E-state index contributed by atoms with van der Waals surface area (Å²) in [5.41, 5.74) is 0. The normalized spacial score (nSPS) is 14.2. The van der Waals surface area contributed by atoms with E-state index >= 15 is 0 Å². The Morgan fingerprint density at radius 2 is 0.816 bits per heavy atom. The van der Waals surface area contributed by atoms with Gasteiger partial charge in [0, 0.05) is 12.8 Å². The molecule has 0 saturated heterocycles. The average molecular weight is 1080 g/mol. The summed E-state index contributed by atoms with van der Waals surface area (Å²) in [5, 5.41) is 3.02. The SMILES string of the molecule is CCCCC/C=C\C/C=C\C/C=C\C/C=C\CCCC(=O)NC(COP(=O)(O)OCC[N+](C)(C)C)C(/C=C/CCCCCCCCCCCC)OC(=O)CCCCCCCCCCCCC/C=C\C/C=C\CCCCC. The molecule has 0 aliphatic carbocycles. The van der Waals surface area contributed by atoms with Crippen LogP contribution < -0.4 is 5.32 Å². The standard InChI is InChI=1S/C66H119N2O7P/c1-7-10-13-16-19-22-25-28-30-32-33-34-35-37-39-41-44-47-50-53-56-59-66(70)75-64(57-54-51-48-45-42-27-24-21-18-15-12-9-3)63(62-74-76(71,72)73-61-60-68(4,5)6)67-65(69)58-55-52-49-46-43-40-38-36-31-29-26-23-20-17-14-11-8-2/h19-20,22-23,28-31,38,40,46,49,54,57,63-64H,7-18,21,24-27,32-37,39,41-45,47-48,50-53,55-56,58-62H2,1-6H3,(H-,67,69,71,72)/p+1/b22-19-,23-20-,30-28-,31-29-,40-38-,49-46-,57-54+. The van der Waals surface area contributed by atoms with Gasteiger partial charge in [0.15, 0.2) is 0 Å². The molecule has 0 fully saturated rings. The van der Waals surface area contributed by atoms with Gasteiger partial charge in [-0.3, -0.25) is 18.6 Å². The number of rotatable bonds is 56. The second-order valence-electron chi connectivity index (χ2n) is 22.2. The Labute approximate surface area is 469 Å². The molecule has 0 aromatic heterocycles. The summed E-state index contributed by atoms with van der Waals surface area (Å²) in [6.45, 7) is 6.92. The number of unbranched alkanes of at least 4 members (excludes halogenated alkanes) is 28. The van der Waals surface area contributed by atoms with Crippen molar-refractivity contribution in [3.8, 4) is 0 Å². The van der Waals surface area contributed by atoms with Gasteiger partial charge in [-0.15, -0.1) is 0 Å². The number of nitrogens with one attached hydrogen (secondary N) is 1. The number of likely N-dealkylation sites (N-methyl/N-ethyl adjacent to an activating group) is 1. The third kappa shape index (κ3) is 55.9. The lowest BCUT2D eigenvalue weighted by Crippen LogP contribution is -2.47. The molecule has 76 heavy (non-hydrogen) atoms. The van der Waals surface area contributed by atoms with E-state index in [0.29, 0.717) is 17.4 Å². The number of phosphoric ester groups is 1. The topological polar surface area (TPSA) is 111 Å². The van der Waals surface area contributed by atoms with Gasteiger partial charge in [0.2, 0.25) is 5.91 Å². The molecule has 0 aromatic rings. The Hall–Kier alpha value is -2.81. The predicted molar refractivity (Wildman–Crippen MR) is 328 cm³/mol. The molecule has 0 aliphatic rings. The lowest BCUT2D eigenvalue weighted by molar-refractivity contribution is -0.870. The van der Waals surface area contributed by atoms with Crippen LogP contribution in [0.15, 0.2) is 85.1 Å². The fraction of sp³-hybridized carbons (Fsp3) is 0.758. The average Bonchev–Trinajstić information content (AvgIpc) is 3.38. The number of hydrogen-bond donors (Lipinski definition) is 2. The van der Waals surface area contributed by atoms with Gasteiger partial charge in [-0.1, -0.05) is 241 Å². The molecule has 440 valence electrons. The molecule has 9 nitrogen and oxygen atoms in total. The number of hydrogen-bond acceptors (Lipinski definition) is 6. The van der Waals surface area contributed by atoms with Crippen LogP contribution in [-0.4, -0.2) is 74.3 Å². The van der Waals surface area contributed by atoms with Crippen molar-refractivity contribution in [1.29, 1.82) is 0 Å². The Bertz CT molecular complexity index is 1580. The molecule has 3 atom stereocenters. The lowest BCUT2D eigenvalue weighted by atomic mass is 10.0. The van der Waals surface area contributed by atoms with Gasteiger partial charge >= 0.3 is 13.8 Å². The van der Waals surface area contributed by atoms with Gasteiger partial charge < -0.3 is 19.4 Å². The summed E-state index contributed by atoms with van der Waals surface area (Å²) in [7, 11) is 1.46. The number of esters is 1. The Kier molecular flexibility index (Phi) is 53.5. The molecule has 0 spiro atoms. The van der Waals surface area contributed by atoms with Crippen molar-refractivity contribution in [2.75, 3.05) is 40.9 Å². The minimum Gasteiger partial charge on any atom is -0.456 e. The monoisotopic (exact) mass is 1080 g/mol. The van der Waals surface area contributed by atoms with Gasteiger partial charge in [0.05, 0.1) is 33.8 Å². The summed E-state index contributed by atoms with van der Waals surface area (Å²) < 4.78 is 30.7. The smallest absolute Gasteiger partial charge is 0.456 e. The fourth-order valence-corrected chi connectivity index (χ4v) is 9.40. The first kappa shape index (κ1) is 73.2. The maximum atomic E-state index is 13.5. The van der Waals surface area contributed by atoms with E-state index in [9.17, 15) is 19.0 Å². The molecule has 0 aromatic carbocycles. The molecular weight excluding hydrogens is 964 g/mol. The van der Waals surface area contributed by atoms with Crippen molar-refractivity contribution in [2.24, 2.45) is 0 Å². The maximum absolute atomic E-state index is 13.5. The van der Waals surface area contributed by atoms with E-state index in [-0.39, 0.29) is 37.9 Å². The second-order valence-corrected chi connectivity index (χ2v) is 23.7. The Morgan fingerprint density at radius 1 is 0.461 bits per heavy atom. The van der Waals surface area contributed by atoms with Crippen molar-refractivity contribution in [2.45, 2.75) is 283 Å². The van der Waals surface area contributed by atoms with Gasteiger partial charge in [0.1, 0.15) is 19.3 Å². The summed E-state index contributed by atoms with van der Waals surface area (Å²) in [6, 6.07) is -0.881. The van der Waals surface area contributed by atoms with Crippen LogP contribution in [0.2, 0.25) is 0 Å². The fourth-order valence-electron chi connectivity index (χ4n) is 8.67. The van der Waals surface area contributed by atoms with Crippen LogP contribution in [0.4, 0.5) is 0 Å². The molecule has 3 unspecified atom stereocenters. The van der Waals surface area contributed by atoms with Crippen LogP contribution in [-0.2, 0) is 27.9 Å². The predicted octanol–water partition coefficient (Wildman–Crippen LogP) is 19.4. The summed E-state index contributed by atoms with van der Waals surface area (Å²) in [6.07, 6.45) is 73.0. The lowest BCUT2D eigenvalue weighted by Gasteiger charge is -2.27. The van der Waals surface area contributed by atoms with E-state index in [4.69, 9.17) is 13.8 Å². The highest BCUT2D eigenvalue weighted by Crippen LogP contribution is 2.43. The van der Waals surface area contributed by atoms with Gasteiger partial charge in [-0.05, 0) is 102 Å². The highest BCUT2D eigenvalue weighted by molar-refractivity contribution is 7.47. The Morgan fingerprint density at radius 3 is 1.25 bits per heavy atom. The molecule has 0 bridgehead atoms. The largest absolute Gasteiger partial charge is 0.472 e. The van der Waals surface area contributed by atoms with E-state index in [0.717, 1.165) is 70.6 Å². The molecule has 0 saturated carbocycles. The first-order valence-electron chi connectivity index (χ1n) is 31.4. The zero-order chi connectivity index (χ0) is 55.7. The van der Waals surface area contributed by atoms with E-state index in [1.165, 1.54) is 161 Å². The molecule has 0 aliphatic heterocycles. The number of carbonyl (C=O) groups is 2. The maximum Gasteiger partial charge on any atom is 0.472 e. The Balaban J connectivity index is 5.31. The zero-order valence-electron chi connectivity index (χ0n) is 50.2. The second kappa shape index (κ2) is 55.5. The minimum atomic E-state index is -4.47. The number of nitrogens with zero attached hydrogens (tertiary/aromatic N) is 1. The molecule has 0 radical (unpaired) electrons. The highest BCUT2D eigenvalue weighted by Gasteiger charge is 2.30. The summed E-state index contributed by atoms with van der Waals surface area (Å²) in [5.74, 6) is -0.572. The van der Waals surface area contributed by atoms with Crippen molar-refractivity contribution >= 4 is 19.7 Å². The third-order valence-corrected chi connectivity index (χ3v) is 14.5. The van der Waals surface area contributed by atoms with Crippen LogP contribution in [0.25, 0.3) is 0 Å². The number of ether oxygens (including phenoxy) is 1. The van der Waals surface area contributed by atoms with Crippen molar-refractivity contribution in [3.63, 3.8) is 0 Å². The number of phosphoric acid groups is 1. The number of amides is 1. The van der Waals surface area contributed by atoms with E-state index < -0.39 is 20.0 Å². The minimum absolute atomic E-state index is 0.0270. The van der Waals surface area contributed by atoms with Crippen molar-refractivity contribution < 1.29 is 37.3 Å².